The van der Waals surface area contributed by atoms with Crippen molar-refractivity contribution in [2.24, 2.45) is 5.92 Å². The molecule has 24 heavy (non-hydrogen) atoms. The number of aromatic amines is 1. The van der Waals surface area contributed by atoms with Crippen molar-refractivity contribution in [1.29, 1.82) is 0 Å². The van der Waals surface area contributed by atoms with Crippen molar-refractivity contribution in [2.75, 3.05) is 19.6 Å². The van der Waals surface area contributed by atoms with Gasteiger partial charge in [0.25, 0.3) is 5.91 Å². The van der Waals surface area contributed by atoms with E-state index in [0.29, 0.717) is 22.7 Å². The first-order valence-electron chi connectivity index (χ1n) is 9.02. The van der Waals surface area contributed by atoms with Gasteiger partial charge in [0, 0.05) is 28.5 Å². The highest BCUT2D eigenvalue weighted by atomic mass is 35.5. The van der Waals surface area contributed by atoms with Crippen molar-refractivity contribution in [1.82, 2.24) is 15.2 Å². The van der Waals surface area contributed by atoms with Crippen molar-refractivity contribution in [2.45, 2.75) is 38.1 Å². The number of fused-ring (bicyclic) bond motifs is 2. The molecule has 0 bridgehead atoms. The monoisotopic (exact) mass is 345 g/mol. The van der Waals surface area contributed by atoms with E-state index < -0.39 is 0 Å². The van der Waals surface area contributed by atoms with Gasteiger partial charge in [-0.05, 0) is 62.9 Å². The van der Waals surface area contributed by atoms with Gasteiger partial charge in [-0.2, -0.15) is 0 Å². The number of carbonyl (C=O) groups is 1. The molecule has 2 aliphatic heterocycles. The van der Waals surface area contributed by atoms with Crippen LogP contribution in [0.25, 0.3) is 10.9 Å². The minimum Gasteiger partial charge on any atom is -0.350 e. The van der Waals surface area contributed by atoms with Gasteiger partial charge in [-0.3, -0.25) is 4.79 Å². The predicted octanol–water partition coefficient (Wildman–Crippen LogP) is 3.82. The van der Waals surface area contributed by atoms with Crippen LogP contribution < -0.4 is 5.32 Å². The van der Waals surface area contributed by atoms with Gasteiger partial charge in [-0.1, -0.05) is 24.1 Å². The zero-order valence-corrected chi connectivity index (χ0v) is 14.6. The normalized spacial score (nSPS) is 24.7. The summed E-state index contributed by atoms with van der Waals surface area (Å²) in [5.41, 5.74) is 1.50. The fourth-order valence-corrected chi connectivity index (χ4v) is 4.60. The summed E-state index contributed by atoms with van der Waals surface area (Å²) in [7, 11) is 0. The van der Waals surface area contributed by atoms with E-state index in [1.165, 1.54) is 45.2 Å². The topological polar surface area (TPSA) is 48.1 Å². The number of H-pyrrole nitrogens is 1. The van der Waals surface area contributed by atoms with Gasteiger partial charge in [0.1, 0.15) is 5.69 Å². The molecule has 2 N–H and O–H groups in total. The molecule has 128 valence electrons. The summed E-state index contributed by atoms with van der Waals surface area (Å²) >= 11 is 6.19. The Morgan fingerprint density at radius 2 is 2.12 bits per heavy atom. The van der Waals surface area contributed by atoms with Crippen LogP contribution >= 0.6 is 11.6 Å². The van der Waals surface area contributed by atoms with Crippen LogP contribution in [0.4, 0.5) is 0 Å². The van der Waals surface area contributed by atoms with Crippen LogP contribution in [0.1, 0.15) is 42.6 Å². The maximum Gasteiger partial charge on any atom is 0.267 e. The molecular weight excluding hydrogens is 322 g/mol. The van der Waals surface area contributed by atoms with E-state index in [-0.39, 0.29) is 5.91 Å². The molecule has 2 fully saturated rings. The molecule has 4 nitrogen and oxygen atoms in total. The lowest BCUT2D eigenvalue weighted by molar-refractivity contribution is 0.0575. The number of benzene rings is 1. The van der Waals surface area contributed by atoms with Crippen molar-refractivity contribution < 1.29 is 4.79 Å². The number of piperidine rings is 2. The molecule has 2 atom stereocenters. The molecule has 0 spiro atoms. The molecule has 0 aliphatic carbocycles. The highest BCUT2D eigenvalue weighted by Crippen LogP contribution is 2.30. The van der Waals surface area contributed by atoms with Gasteiger partial charge < -0.3 is 15.2 Å². The Morgan fingerprint density at radius 1 is 1.25 bits per heavy atom. The van der Waals surface area contributed by atoms with Crippen molar-refractivity contribution >= 4 is 28.4 Å². The van der Waals surface area contributed by atoms with Crippen molar-refractivity contribution in [3.8, 4) is 0 Å². The minimum absolute atomic E-state index is 0.0322. The Kier molecular flexibility index (Phi) is 4.51. The largest absolute Gasteiger partial charge is 0.350 e. The number of rotatable bonds is 3. The predicted molar refractivity (Wildman–Crippen MR) is 97.6 cm³/mol. The van der Waals surface area contributed by atoms with E-state index in [1.807, 2.05) is 24.3 Å². The van der Waals surface area contributed by atoms with E-state index in [2.05, 4.69) is 15.2 Å². The minimum atomic E-state index is -0.0322. The van der Waals surface area contributed by atoms with E-state index in [0.717, 1.165) is 17.4 Å². The lowest BCUT2D eigenvalue weighted by Crippen LogP contribution is -2.51. The molecule has 3 heterocycles. The highest BCUT2D eigenvalue weighted by molar-refractivity contribution is 6.35. The summed E-state index contributed by atoms with van der Waals surface area (Å²) in [5, 5.41) is 4.72. The molecule has 2 aliphatic rings. The SMILES string of the molecule is O=C(NCC1CCCN2CCCCC12)c1cc2c(Cl)cccc2[nH]1. The first-order chi connectivity index (χ1) is 11.7. The Morgan fingerprint density at radius 3 is 3.00 bits per heavy atom. The van der Waals surface area contributed by atoms with Gasteiger partial charge in [-0.15, -0.1) is 0 Å². The Hall–Kier alpha value is -1.52. The summed E-state index contributed by atoms with van der Waals surface area (Å²) in [4.78, 5) is 18.3. The number of nitrogens with one attached hydrogen (secondary N) is 2. The number of halogens is 1. The summed E-state index contributed by atoms with van der Waals surface area (Å²) in [6, 6.07) is 8.19. The quantitative estimate of drug-likeness (QED) is 0.888. The van der Waals surface area contributed by atoms with E-state index in [1.54, 1.807) is 0 Å². The third-order valence-electron chi connectivity index (χ3n) is 5.61. The molecule has 2 unspecified atom stereocenters. The Balaban J connectivity index is 1.42. The van der Waals surface area contributed by atoms with Crippen LogP contribution in [0.5, 0.6) is 0 Å². The average Bonchev–Trinajstić information content (AvgIpc) is 3.05. The van der Waals surface area contributed by atoms with E-state index in [9.17, 15) is 4.79 Å². The van der Waals surface area contributed by atoms with E-state index >= 15 is 0 Å². The molecule has 2 saturated heterocycles. The molecule has 1 amide bonds. The second kappa shape index (κ2) is 6.77. The maximum absolute atomic E-state index is 12.5. The zero-order chi connectivity index (χ0) is 16.5. The fraction of sp³-hybridized carbons (Fsp3) is 0.526. The fourth-order valence-electron chi connectivity index (χ4n) is 4.37. The van der Waals surface area contributed by atoms with E-state index in [4.69, 9.17) is 11.6 Å². The van der Waals surface area contributed by atoms with Crippen LogP contribution in [0, 0.1) is 5.92 Å². The number of carbonyl (C=O) groups excluding carboxylic acids is 1. The smallest absolute Gasteiger partial charge is 0.267 e. The number of amides is 1. The molecule has 1 aromatic carbocycles. The zero-order valence-electron chi connectivity index (χ0n) is 13.9. The molecule has 1 aromatic heterocycles. The third kappa shape index (κ3) is 3.05. The third-order valence-corrected chi connectivity index (χ3v) is 5.94. The molecule has 0 saturated carbocycles. The maximum atomic E-state index is 12.5. The van der Waals surface area contributed by atoms with Gasteiger partial charge in [0.2, 0.25) is 0 Å². The van der Waals surface area contributed by atoms with Gasteiger partial charge in [0.15, 0.2) is 0 Å². The second-order valence-corrected chi connectivity index (χ2v) is 7.50. The molecular formula is C19H24ClN3O. The number of nitrogens with zero attached hydrogens (tertiary/aromatic N) is 1. The van der Waals surface area contributed by atoms with Crippen LogP contribution in [0.2, 0.25) is 5.02 Å². The molecule has 5 heteroatoms. The van der Waals surface area contributed by atoms with Crippen LogP contribution in [-0.4, -0.2) is 41.5 Å². The highest BCUT2D eigenvalue weighted by Gasteiger charge is 2.33. The lowest BCUT2D eigenvalue weighted by atomic mass is 9.83. The van der Waals surface area contributed by atoms with Crippen LogP contribution in [-0.2, 0) is 0 Å². The molecule has 4 rings (SSSR count). The Bertz CT molecular complexity index is 739. The summed E-state index contributed by atoms with van der Waals surface area (Å²) in [6.45, 7) is 3.23. The second-order valence-electron chi connectivity index (χ2n) is 7.10. The standard InChI is InChI=1S/C19H24ClN3O/c20-15-6-3-7-16-14(15)11-17(22-16)19(24)21-12-13-5-4-10-23-9-2-1-8-18(13)23/h3,6-7,11,13,18,22H,1-2,4-5,8-10,12H2,(H,21,24). The number of hydrogen-bond acceptors (Lipinski definition) is 2. The number of aromatic nitrogens is 1. The van der Waals surface area contributed by atoms with Crippen LogP contribution in [0.3, 0.4) is 0 Å². The summed E-state index contributed by atoms with van der Waals surface area (Å²) in [6.07, 6.45) is 6.40. The van der Waals surface area contributed by atoms with Gasteiger partial charge >= 0.3 is 0 Å². The van der Waals surface area contributed by atoms with Crippen molar-refractivity contribution in [3.05, 3.63) is 35.0 Å². The van der Waals surface area contributed by atoms with Crippen LogP contribution in [0.15, 0.2) is 24.3 Å². The molecule has 2 aromatic rings. The van der Waals surface area contributed by atoms with Crippen molar-refractivity contribution in [3.63, 3.8) is 0 Å². The van der Waals surface area contributed by atoms with Gasteiger partial charge in [-0.25, -0.2) is 0 Å². The van der Waals surface area contributed by atoms with Gasteiger partial charge in [0.05, 0.1) is 0 Å². The first kappa shape index (κ1) is 16.0. The Labute approximate surface area is 147 Å². The summed E-state index contributed by atoms with van der Waals surface area (Å²) < 4.78 is 0. The molecule has 0 radical (unpaired) electrons. The first-order valence-corrected chi connectivity index (χ1v) is 9.39. The lowest BCUT2D eigenvalue weighted by Gasteiger charge is -2.44. The summed E-state index contributed by atoms with van der Waals surface area (Å²) in [5.74, 6) is 0.547. The average molecular weight is 346 g/mol. The number of hydrogen-bond donors (Lipinski definition) is 2.